The first-order chi connectivity index (χ1) is 17.5. The third kappa shape index (κ3) is 4.52. The third-order valence-electron chi connectivity index (χ3n) is 7.03. The molecule has 186 valence electrons. The number of benzene rings is 2. The molecule has 1 atom stereocenters. The van der Waals surface area contributed by atoms with Gasteiger partial charge in [0.1, 0.15) is 11.8 Å². The molecular formula is C28H29N3O5. The van der Waals surface area contributed by atoms with E-state index in [0.717, 1.165) is 11.1 Å². The average molecular weight is 488 g/mol. The molecule has 5 rings (SSSR count). The van der Waals surface area contributed by atoms with Crippen LogP contribution in [0.3, 0.4) is 0 Å². The lowest BCUT2D eigenvalue weighted by molar-refractivity contribution is -0.128. The molecule has 0 unspecified atom stereocenters. The minimum Gasteiger partial charge on any atom is -0.459 e. The number of ether oxygens (including phenoxy) is 1. The summed E-state index contributed by atoms with van der Waals surface area (Å²) in [5.74, 6) is -0.408. The molecule has 36 heavy (non-hydrogen) atoms. The molecule has 0 saturated carbocycles. The van der Waals surface area contributed by atoms with Crippen molar-refractivity contribution in [2.45, 2.75) is 38.1 Å². The van der Waals surface area contributed by atoms with Gasteiger partial charge in [0, 0.05) is 38.0 Å². The SMILES string of the molecule is Cc1ccccc1C(=O)N1[C@H](C(=O)NCc2ccccc2)COC12CCN(C(=O)c1ccco1)CC2. The summed E-state index contributed by atoms with van der Waals surface area (Å²) in [6.07, 6.45) is 2.28. The van der Waals surface area contributed by atoms with Crippen LogP contribution in [0.15, 0.2) is 77.4 Å². The maximum absolute atomic E-state index is 13.9. The highest BCUT2D eigenvalue weighted by molar-refractivity contribution is 5.99. The van der Waals surface area contributed by atoms with Crippen molar-refractivity contribution in [1.82, 2.24) is 15.1 Å². The zero-order valence-electron chi connectivity index (χ0n) is 20.2. The second kappa shape index (κ2) is 9.99. The number of carbonyl (C=O) groups excluding carboxylic acids is 3. The van der Waals surface area contributed by atoms with Gasteiger partial charge in [-0.15, -0.1) is 0 Å². The Morgan fingerprint density at radius 1 is 0.944 bits per heavy atom. The van der Waals surface area contributed by atoms with E-state index in [1.807, 2.05) is 55.5 Å². The van der Waals surface area contributed by atoms with Gasteiger partial charge in [0.2, 0.25) is 5.91 Å². The Morgan fingerprint density at radius 2 is 1.67 bits per heavy atom. The first-order valence-corrected chi connectivity index (χ1v) is 12.2. The molecule has 2 aromatic carbocycles. The third-order valence-corrected chi connectivity index (χ3v) is 7.03. The second-order valence-electron chi connectivity index (χ2n) is 9.24. The molecule has 0 aliphatic carbocycles. The summed E-state index contributed by atoms with van der Waals surface area (Å²) in [4.78, 5) is 43.3. The van der Waals surface area contributed by atoms with Crippen molar-refractivity contribution in [2.24, 2.45) is 0 Å². The number of nitrogens with one attached hydrogen (secondary N) is 1. The van der Waals surface area contributed by atoms with E-state index in [0.29, 0.717) is 38.0 Å². The predicted molar refractivity (Wildman–Crippen MR) is 132 cm³/mol. The van der Waals surface area contributed by atoms with Crippen LogP contribution in [0.2, 0.25) is 0 Å². The molecule has 8 heteroatoms. The molecule has 1 N–H and O–H groups in total. The lowest BCUT2D eigenvalue weighted by atomic mass is 9.95. The second-order valence-corrected chi connectivity index (χ2v) is 9.24. The Bertz CT molecular complexity index is 1230. The number of hydrogen-bond acceptors (Lipinski definition) is 5. The van der Waals surface area contributed by atoms with Crippen molar-refractivity contribution in [1.29, 1.82) is 0 Å². The van der Waals surface area contributed by atoms with Crippen molar-refractivity contribution < 1.29 is 23.5 Å². The average Bonchev–Trinajstić information content (AvgIpc) is 3.57. The van der Waals surface area contributed by atoms with Crippen LogP contribution in [0.5, 0.6) is 0 Å². The van der Waals surface area contributed by atoms with Gasteiger partial charge in [0.05, 0.1) is 12.9 Å². The predicted octanol–water partition coefficient (Wildman–Crippen LogP) is 3.38. The molecule has 8 nitrogen and oxygen atoms in total. The number of furan rings is 1. The van der Waals surface area contributed by atoms with Gasteiger partial charge in [0.15, 0.2) is 5.76 Å². The standard InChI is InChI=1S/C28H29N3O5/c1-20-8-5-6-11-22(20)26(33)31-23(25(32)29-18-21-9-3-2-4-10-21)19-36-28(31)13-15-30(16-14-28)27(34)24-12-7-17-35-24/h2-12,17,23H,13-16,18-19H2,1H3,(H,29,32)/t23-/m0/s1. The summed E-state index contributed by atoms with van der Waals surface area (Å²) in [5, 5.41) is 2.97. The normalized spacial score (nSPS) is 18.9. The number of piperidine rings is 1. The maximum atomic E-state index is 13.9. The topological polar surface area (TPSA) is 92.1 Å². The summed E-state index contributed by atoms with van der Waals surface area (Å²) in [5.41, 5.74) is 1.38. The van der Waals surface area contributed by atoms with Crippen LogP contribution >= 0.6 is 0 Å². The van der Waals surface area contributed by atoms with Crippen molar-refractivity contribution in [3.8, 4) is 0 Å². The first-order valence-electron chi connectivity index (χ1n) is 12.2. The van der Waals surface area contributed by atoms with Gasteiger partial charge in [-0.2, -0.15) is 0 Å². The van der Waals surface area contributed by atoms with Crippen LogP contribution in [-0.2, 0) is 16.1 Å². The van der Waals surface area contributed by atoms with Gasteiger partial charge in [-0.05, 0) is 36.2 Å². The molecule has 2 saturated heterocycles. The summed E-state index contributed by atoms with van der Waals surface area (Å²) < 4.78 is 11.5. The zero-order chi connectivity index (χ0) is 25.1. The number of aryl methyl sites for hydroxylation is 1. The van der Waals surface area contributed by atoms with E-state index in [1.165, 1.54) is 6.26 Å². The fourth-order valence-corrected chi connectivity index (χ4v) is 5.03. The fraction of sp³-hybridized carbons (Fsp3) is 0.321. The Labute approximate surface area is 209 Å². The van der Waals surface area contributed by atoms with Crippen molar-refractivity contribution in [3.05, 3.63) is 95.4 Å². The minimum absolute atomic E-state index is 0.102. The minimum atomic E-state index is -0.964. The Balaban J connectivity index is 1.38. The number of carbonyl (C=O) groups is 3. The molecule has 3 amide bonds. The molecule has 3 aromatic rings. The Morgan fingerprint density at radius 3 is 2.36 bits per heavy atom. The van der Waals surface area contributed by atoms with E-state index in [9.17, 15) is 14.4 Å². The Kier molecular flexibility index (Phi) is 6.61. The molecular weight excluding hydrogens is 458 g/mol. The molecule has 3 heterocycles. The van der Waals surface area contributed by atoms with Gasteiger partial charge in [-0.1, -0.05) is 48.5 Å². The van der Waals surface area contributed by atoms with Crippen LogP contribution < -0.4 is 5.32 Å². The van der Waals surface area contributed by atoms with E-state index >= 15 is 0 Å². The highest BCUT2D eigenvalue weighted by Crippen LogP contribution is 2.39. The molecule has 0 radical (unpaired) electrons. The van der Waals surface area contributed by atoms with E-state index in [1.54, 1.807) is 28.0 Å². The molecule has 2 aliphatic rings. The van der Waals surface area contributed by atoms with E-state index in [2.05, 4.69) is 5.32 Å². The molecule has 0 bridgehead atoms. The van der Waals surface area contributed by atoms with Crippen LogP contribution in [0, 0.1) is 6.92 Å². The van der Waals surface area contributed by atoms with Gasteiger partial charge >= 0.3 is 0 Å². The monoisotopic (exact) mass is 487 g/mol. The van der Waals surface area contributed by atoms with E-state index in [4.69, 9.17) is 9.15 Å². The summed E-state index contributed by atoms with van der Waals surface area (Å²) in [7, 11) is 0. The molecule has 1 spiro atoms. The van der Waals surface area contributed by atoms with E-state index in [-0.39, 0.29) is 30.1 Å². The van der Waals surface area contributed by atoms with Crippen LogP contribution in [0.4, 0.5) is 0 Å². The molecule has 2 fully saturated rings. The van der Waals surface area contributed by atoms with Gasteiger partial charge in [0.25, 0.3) is 11.8 Å². The fourth-order valence-electron chi connectivity index (χ4n) is 5.03. The van der Waals surface area contributed by atoms with Crippen molar-refractivity contribution >= 4 is 17.7 Å². The molecule has 2 aliphatic heterocycles. The number of nitrogens with zero attached hydrogens (tertiary/aromatic N) is 2. The lowest BCUT2D eigenvalue weighted by Gasteiger charge is -2.44. The largest absolute Gasteiger partial charge is 0.459 e. The van der Waals surface area contributed by atoms with Crippen LogP contribution in [0.1, 0.15) is 44.9 Å². The first kappa shape index (κ1) is 23.8. The summed E-state index contributed by atoms with van der Waals surface area (Å²) in [6, 6.07) is 19.5. The highest BCUT2D eigenvalue weighted by atomic mass is 16.5. The molecule has 1 aromatic heterocycles. The number of rotatable bonds is 5. The summed E-state index contributed by atoms with van der Waals surface area (Å²) in [6.45, 7) is 3.11. The van der Waals surface area contributed by atoms with Crippen LogP contribution in [0.25, 0.3) is 0 Å². The number of likely N-dealkylation sites (tertiary alicyclic amines) is 1. The smallest absolute Gasteiger partial charge is 0.289 e. The number of amides is 3. The van der Waals surface area contributed by atoms with Crippen molar-refractivity contribution in [3.63, 3.8) is 0 Å². The number of hydrogen-bond donors (Lipinski definition) is 1. The van der Waals surface area contributed by atoms with Gasteiger partial charge in [-0.3, -0.25) is 19.3 Å². The van der Waals surface area contributed by atoms with Crippen molar-refractivity contribution in [2.75, 3.05) is 19.7 Å². The van der Waals surface area contributed by atoms with Crippen LogP contribution in [-0.4, -0.2) is 59.0 Å². The maximum Gasteiger partial charge on any atom is 0.289 e. The van der Waals surface area contributed by atoms with Gasteiger partial charge < -0.3 is 19.4 Å². The van der Waals surface area contributed by atoms with Gasteiger partial charge in [-0.25, -0.2) is 0 Å². The summed E-state index contributed by atoms with van der Waals surface area (Å²) >= 11 is 0. The zero-order valence-corrected chi connectivity index (χ0v) is 20.2. The quantitative estimate of drug-likeness (QED) is 0.596. The Hall–Kier alpha value is -3.91. The highest BCUT2D eigenvalue weighted by Gasteiger charge is 2.54. The lowest BCUT2D eigenvalue weighted by Crippen LogP contribution is -2.59. The van der Waals surface area contributed by atoms with E-state index < -0.39 is 11.8 Å².